The van der Waals surface area contributed by atoms with Crippen LogP contribution >= 0.6 is 0 Å². The number of hydrogen-bond acceptors (Lipinski definition) is 5. The highest BCUT2D eigenvalue weighted by Gasteiger charge is 2.21. The zero-order chi connectivity index (χ0) is 12.1. The molecule has 0 saturated heterocycles. The number of nitrogens with zero attached hydrogens (tertiary/aromatic N) is 3. The minimum atomic E-state index is 0.631. The summed E-state index contributed by atoms with van der Waals surface area (Å²) in [6, 6.07) is 2.55. The summed E-state index contributed by atoms with van der Waals surface area (Å²) >= 11 is 0. The van der Waals surface area contributed by atoms with Crippen LogP contribution in [0.15, 0.2) is 12.3 Å². The molecule has 1 aliphatic carbocycles. The van der Waals surface area contributed by atoms with Crippen LogP contribution in [0.1, 0.15) is 19.3 Å². The second-order valence-corrected chi connectivity index (χ2v) is 4.77. The highest BCUT2D eigenvalue weighted by Crippen LogP contribution is 2.23. The van der Waals surface area contributed by atoms with E-state index in [1.54, 1.807) is 6.20 Å². The lowest BCUT2D eigenvalue weighted by molar-refractivity contribution is 0.405. The molecule has 0 radical (unpaired) electrons. The van der Waals surface area contributed by atoms with Crippen molar-refractivity contribution in [1.29, 1.82) is 0 Å². The van der Waals surface area contributed by atoms with Crippen molar-refractivity contribution < 1.29 is 0 Å². The van der Waals surface area contributed by atoms with Gasteiger partial charge in [-0.25, -0.2) is 4.98 Å². The average Bonchev–Trinajstić information content (AvgIpc) is 3.09. The number of aromatic nitrogens is 2. The predicted octanol–water partition coefficient (Wildman–Crippen LogP) is 1.41. The van der Waals surface area contributed by atoms with Gasteiger partial charge < -0.3 is 15.5 Å². The largest absolute Gasteiger partial charge is 0.367 e. The maximum absolute atomic E-state index is 4.42. The van der Waals surface area contributed by atoms with Gasteiger partial charge in [-0.05, 0) is 46.0 Å². The Balaban J connectivity index is 1.75. The summed E-state index contributed by atoms with van der Waals surface area (Å²) in [5.74, 6) is 1.65. The van der Waals surface area contributed by atoms with Crippen LogP contribution in [0.4, 0.5) is 11.8 Å². The number of hydrogen-bond donors (Lipinski definition) is 2. The molecular weight excluding hydrogens is 214 g/mol. The third-order valence-corrected chi connectivity index (χ3v) is 2.65. The van der Waals surface area contributed by atoms with Gasteiger partial charge in [-0.3, -0.25) is 0 Å². The number of nitrogens with one attached hydrogen (secondary N) is 2. The Kier molecular flexibility index (Phi) is 4.14. The van der Waals surface area contributed by atoms with Gasteiger partial charge in [0.25, 0.3) is 0 Å². The maximum atomic E-state index is 4.42. The van der Waals surface area contributed by atoms with Crippen LogP contribution in [0.2, 0.25) is 0 Å². The van der Waals surface area contributed by atoms with Crippen molar-refractivity contribution >= 4 is 11.8 Å². The van der Waals surface area contributed by atoms with Gasteiger partial charge in [-0.2, -0.15) is 4.98 Å². The molecule has 2 N–H and O–H groups in total. The second kappa shape index (κ2) is 5.82. The summed E-state index contributed by atoms with van der Waals surface area (Å²) in [5.41, 5.74) is 0. The molecule has 5 heteroatoms. The SMILES string of the molecule is CN(C)CCCNc1nccc(NC2CC2)n1. The van der Waals surface area contributed by atoms with Crippen LogP contribution < -0.4 is 10.6 Å². The minimum Gasteiger partial charge on any atom is -0.367 e. The topological polar surface area (TPSA) is 53.1 Å². The molecule has 0 amide bonds. The van der Waals surface area contributed by atoms with Crippen molar-refractivity contribution in [1.82, 2.24) is 14.9 Å². The lowest BCUT2D eigenvalue weighted by Crippen LogP contribution is -2.17. The van der Waals surface area contributed by atoms with E-state index in [0.29, 0.717) is 6.04 Å². The van der Waals surface area contributed by atoms with Crippen molar-refractivity contribution in [2.24, 2.45) is 0 Å². The quantitative estimate of drug-likeness (QED) is 0.700. The fraction of sp³-hybridized carbons (Fsp3) is 0.667. The Morgan fingerprint density at radius 3 is 2.94 bits per heavy atom. The molecule has 1 aliphatic rings. The third-order valence-electron chi connectivity index (χ3n) is 2.65. The Hall–Kier alpha value is -1.36. The highest BCUT2D eigenvalue weighted by atomic mass is 15.1. The van der Waals surface area contributed by atoms with E-state index in [2.05, 4.69) is 39.6 Å². The standard InChI is InChI=1S/C12H21N5/c1-17(2)9-3-7-13-12-14-8-6-11(16-12)15-10-4-5-10/h6,8,10H,3-5,7,9H2,1-2H3,(H2,13,14,15,16). The fourth-order valence-electron chi connectivity index (χ4n) is 1.56. The first-order valence-corrected chi connectivity index (χ1v) is 6.22. The molecule has 94 valence electrons. The fourth-order valence-corrected chi connectivity index (χ4v) is 1.56. The van der Waals surface area contributed by atoms with Gasteiger partial charge in [0.2, 0.25) is 5.95 Å². The van der Waals surface area contributed by atoms with Crippen molar-refractivity contribution in [3.63, 3.8) is 0 Å². The highest BCUT2D eigenvalue weighted by molar-refractivity contribution is 5.41. The van der Waals surface area contributed by atoms with E-state index in [0.717, 1.165) is 31.3 Å². The van der Waals surface area contributed by atoms with Crippen molar-refractivity contribution in [2.45, 2.75) is 25.3 Å². The summed E-state index contributed by atoms with van der Waals surface area (Å²) < 4.78 is 0. The molecule has 0 aromatic carbocycles. The Morgan fingerprint density at radius 1 is 1.41 bits per heavy atom. The third kappa shape index (κ3) is 4.56. The smallest absolute Gasteiger partial charge is 0.224 e. The van der Waals surface area contributed by atoms with E-state index < -0.39 is 0 Å². The molecule has 1 aromatic heterocycles. The molecule has 0 spiro atoms. The lowest BCUT2D eigenvalue weighted by Gasteiger charge is -2.10. The first-order chi connectivity index (χ1) is 8.24. The Morgan fingerprint density at radius 2 is 2.24 bits per heavy atom. The molecule has 1 heterocycles. The molecule has 2 rings (SSSR count). The van der Waals surface area contributed by atoms with Gasteiger partial charge in [0.15, 0.2) is 0 Å². The minimum absolute atomic E-state index is 0.631. The molecule has 0 unspecified atom stereocenters. The summed E-state index contributed by atoms with van der Waals surface area (Å²) in [5, 5.41) is 6.61. The van der Waals surface area contributed by atoms with Gasteiger partial charge in [0.05, 0.1) is 0 Å². The first kappa shape index (κ1) is 12.1. The van der Waals surface area contributed by atoms with Crippen molar-refractivity contribution in [3.8, 4) is 0 Å². The molecule has 0 aliphatic heterocycles. The lowest BCUT2D eigenvalue weighted by atomic mass is 10.4. The average molecular weight is 235 g/mol. The maximum Gasteiger partial charge on any atom is 0.224 e. The number of anilines is 2. The molecule has 0 bridgehead atoms. The van der Waals surface area contributed by atoms with Gasteiger partial charge in [-0.1, -0.05) is 0 Å². The van der Waals surface area contributed by atoms with Crippen LogP contribution in [0.5, 0.6) is 0 Å². The van der Waals surface area contributed by atoms with Gasteiger partial charge in [0, 0.05) is 18.8 Å². The van der Waals surface area contributed by atoms with Crippen LogP contribution in [-0.2, 0) is 0 Å². The summed E-state index contributed by atoms with van der Waals surface area (Å²) in [6.45, 7) is 1.98. The van der Waals surface area contributed by atoms with E-state index in [9.17, 15) is 0 Å². The number of rotatable bonds is 7. The second-order valence-electron chi connectivity index (χ2n) is 4.77. The van der Waals surface area contributed by atoms with Gasteiger partial charge >= 0.3 is 0 Å². The van der Waals surface area contributed by atoms with E-state index in [4.69, 9.17) is 0 Å². The zero-order valence-electron chi connectivity index (χ0n) is 10.6. The molecule has 1 fully saturated rings. The summed E-state index contributed by atoms with van der Waals surface area (Å²) in [6.07, 6.45) is 5.41. The predicted molar refractivity (Wildman–Crippen MR) is 70.3 cm³/mol. The molecule has 17 heavy (non-hydrogen) atoms. The first-order valence-electron chi connectivity index (χ1n) is 6.22. The van der Waals surface area contributed by atoms with Crippen LogP contribution in [-0.4, -0.2) is 48.1 Å². The summed E-state index contributed by atoms with van der Waals surface area (Å²) in [4.78, 5) is 10.8. The van der Waals surface area contributed by atoms with E-state index in [1.165, 1.54) is 12.8 Å². The van der Waals surface area contributed by atoms with Crippen LogP contribution in [0.25, 0.3) is 0 Å². The van der Waals surface area contributed by atoms with E-state index in [1.807, 2.05) is 6.07 Å². The summed E-state index contributed by atoms with van der Waals surface area (Å²) in [7, 11) is 4.16. The molecule has 5 nitrogen and oxygen atoms in total. The molecule has 1 saturated carbocycles. The Labute approximate surface area is 103 Å². The zero-order valence-corrected chi connectivity index (χ0v) is 10.6. The van der Waals surface area contributed by atoms with Gasteiger partial charge in [0.1, 0.15) is 5.82 Å². The monoisotopic (exact) mass is 235 g/mol. The van der Waals surface area contributed by atoms with E-state index in [-0.39, 0.29) is 0 Å². The van der Waals surface area contributed by atoms with Crippen LogP contribution in [0, 0.1) is 0 Å². The van der Waals surface area contributed by atoms with Crippen molar-refractivity contribution in [3.05, 3.63) is 12.3 Å². The van der Waals surface area contributed by atoms with E-state index >= 15 is 0 Å². The van der Waals surface area contributed by atoms with Gasteiger partial charge in [-0.15, -0.1) is 0 Å². The van der Waals surface area contributed by atoms with Crippen molar-refractivity contribution in [2.75, 3.05) is 37.8 Å². The molecule has 1 aromatic rings. The molecule has 0 atom stereocenters. The van der Waals surface area contributed by atoms with Crippen LogP contribution in [0.3, 0.4) is 0 Å². The molecular formula is C12H21N5. The normalized spacial score (nSPS) is 15.0. The Bertz CT molecular complexity index is 349.